The van der Waals surface area contributed by atoms with Gasteiger partial charge in [0, 0.05) is 5.69 Å². The Morgan fingerprint density at radius 1 is 1.00 bits per heavy atom. The van der Waals surface area contributed by atoms with E-state index in [9.17, 15) is 19.8 Å². The van der Waals surface area contributed by atoms with Crippen molar-refractivity contribution in [2.75, 3.05) is 5.32 Å². The van der Waals surface area contributed by atoms with E-state index < -0.39 is 11.9 Å². The van der Waals surface area contributed by atoms with Crippen molar-refractivity contribution in [1.29, 1.82) is 0 Å². The minimum atomic E-state index is -1.10. The minimum absolute atomic E-state index is 0.0545. The van der Waals surface area contributed by atoms with Crippen molar-refractivity contribution >= 4 is 23.3 Å². The number of nitrogens with one attached hydrogen (secondary N) is 1. The maximum atomic E-state index is 11.4. The summed E-state index contributed by atoms with van der Waals surface area (Å²) >= 11 is 0. The van der Waals surface area contributed by atoms with Gasteiger partial charge in [0.15, 0.2) is 0 Å². The molecule has 2 aromatic carbocycles. The third kappa shape index (κ3) is 2.86. The highest BCUT2D eigenvalue weighted by Gasteiger charge is 2.21. The zero-order chi connectivity index (χ0) is 15.6. The number of hydrogen-bond acceptors (Lipinski definition) is 3. The van der Waals surface area contributed by atoms with E-state index in [4.69, 9.17) is 0 Å². The largest absolute Gasteiger partial charge is 0.478 e. The summed E-state index contributed by atoms with van der Waals surface area (Å²) in [5.74, 6) is -2.17. The Kier molecular flexibility index (Phi) is 3.93. The van der Waals surface area contributed by atoms with Gasteiger partial charge in [0.25, 0.3) is 0 Å². The molecule has 0 aliphatic carbocycles. The van der Waals surface area contributed by atoms with Gasteiger partial charge < -0.3 is 15.5 Å². The van der Waals surface area contributed by atoms with Crippen LogP contribution >= 0.6 is 0 Å². The van der Waals surface area contributed by atoms with E-state index in [1.807, 2.05) is 18.2 Å². The van der Waals surface area contributed by atoms with Crippen molar-refractivity contribution in [2.45, 2.75) is 13.8 Å². The summed E-state index contributed by atoms with van der Waals surface area (Å²) < 4.78 is 0. The van der Waals surface area contributed by atoms with Gasteiger partial charge in [-0.25, -0.2) is 9.59 Å². The van der Waals surface area contributed by atoms with Crippen LogP contribution < -0.4 is 5.32 Å². The van der Waals surface area contributed by atoms with E-state index in [1.54, 1.807) is 26.0 Å². The zero-order valence-electron chi connectivity index (χ0n) is 11.7. The lowest BCUT2D eigenvalue weighted by molar-refractivity contribution is 0.0680. The Balaban J connectivity index is 2.64. The smallest absolute Gasteiger partial charge is 0.337 e. The van der Waals surface area contributed by atoms with Gasteiger partial charge in [-0.15, -0.1) is 0 Å². The van der Waals surface area contributed by atoms with Crippen molar-refractivity contribution in [1.82, 2.24) is 0 Å². The summed E-state index contributed by atoms with van der Waals surface area (Å²) in [5, 5.41) is 21.6. The van der Waals surface area contributed by atoms with Crippen LogP contribution in [0.1, 0.15) is 31.8 Å². The van der Waals surface area contributed by atoms with E-state index in [0.29, 0.717) is 22.5 Å². The molecule has 0 saturated carbocycles. The van der Waals surface area contributed by atoms with Crippen molar-refractivity contribution in [3.8, 4) is 0 Å². The lowest BCUT2D eigenvalue weighted by Crippen LogP contribution is -2.11. The van der Waals surface area contributed by atoms with Gasteiger partial charge in [-0.3, -0.25) is 0 Å². The number of benzene rings is 2. The van der Waals surface area contributed by atoms with E-state index in [1.165, 1.54) is 6.07 Å². The zero-order valence-corrected chi connectivity index (χ0v) is 11.7. The number of anilines is 2. The molecule has 0 aliphatic heterocycles. The van der Waals surface area contributed by atoms with Crippen LogP contribution in [0.3, 0.4) is 0 Å². The first-order chi connectivity index (χ1) is 9.91. The third-order valence-electron chi connectivity index (χ3n) is 3.26. The highest BCUT2D eigenvalue weighted by atomic mass is 16.4. The molecule has 5 nitrogen and oxygen atoms in total. The quantitative estimate of drug-likeness (QED) is 0.801. The van der Waals surface area contributed by atoms with Crippen LogP contribution in [0.4, 0.5) is 11.4 Å². The molecule has 0 fully saturated rings. The number of carbonyl (C=O) groups is 2. The number of aryl methyl sites for hydroxylation is 1. The topological polar surface area (TPSA) is 86.6 Å². The summed E-state index contributed by atoms with van der Waals surface area (Å²) in [4.78, 5) is 22.8. The number of para-hydroxylation sites is 1. The lowest BCUT2D eigenvalue weighted by atomic mass is 9.96. The number of aromatic carboxylic acids is 2. The van der Waals surface area contributed by atoms with E-state index >= 15 is 0 Å². The average Bonchev–Trinajstić information content (AvgIpc) is 2.42. The van der Waals surface area contributed by atoms with Gasteiger partial charge in [-0.1, -0.05) is 18.2 Å². The molecule has 0 aliphatic rings. The highest BCUT2D eigenvalue weighted by molar-refractivity contribution is 6.01. The fourth-order valence-corrected chi connectivity index (χ4v) is 2.31. The average molecular weight is 285 g/mol. The maximum absolute atomic E-state index is 11.4. The number of carboxylic acid groups (broad SMARTS) is 2. The van der Waals surface area contributed by atoms with Crippen molar-refractivity contribution < 1.29 is 19.8 Å². The van der Waals surface area contributed by atoms with Crippen LogP contribution in [0, 0.1) is 13.8 Å². The number of rotatable bonds is 4. The van der Waals surface area contributed by atoms with E-state index in [0.717, 1.165) is 0 Å². The summed E-state index contributed by atoms with van der Waals surface area (Å²) in [6, 6.07) is 10.4. The van der Waals surface area contributed by atoms with Gasteiger partial charge in [-0.05, 0) is 43.2 Å². The molecule has 3 N–H and O–H groups in total. The van der Waals surface area contributed by atoms with E-state index in [-0.39, 0.29) is 11.1 Å². The molecule has 2 rings (SSSR count). The van der Waals surface area contributed by atoms with Crippen molar-refractivity contribution in [3.63, 3.8) is 0 Å². The molecule has 0 heterocycles. The van der Waals surface area contributed by atoms with Gasteiger partial charge in [0.05, 0.1) is 16.8 Å². The Morgan fingerprint density at radius 3 is 2.14 bits per heavy atom. The van der Waals surface area contributed by atoms with Crippen molar-refractivity contribution in [2.24, 2.45) is 0 Å². The summed E-state index contributed by atoms with van der Waals surface area (Å²) in [6.45, 7) is 3.20. The van der Waals surface area contributed by atoms with Crippen LogP contribution in [0.5, 0.6) is 0 Å². The Hall–Kier alpha value is -2.82. The summed E-state index contributed by atoms with van der Waals surface area (Å²) in [7, 11) is 0. The van der Waals surface area contributed by atoms with Gasteiger partial charge in [-0.2, -0.15) is 0 Å². The van der Waals surface area contributed by atoms with Crippen LogP contribution in [-0.2, 0) is 0 Å². The van der Waals surface area contributed by atoms with Crippen LogP contribution in [0.15, 0.2) is 36.4 Å². The molecule has 0 aromatic heterocycles. The molecule has 21 heavy (non-hydrogen) atoms. The first-order valence-electron chi connectivity index (χ1n) is 6.34. The van der Waals surface area contributed by atoms with Gasteiger partial charge in [0.1, 0.15) is 0 Å². The molecule has 0 amide bonds. The molecular formula is C16H15NO4. The second-order valence-electron chi connectivity index (χ2n) is 4.72. The Morgan fingerprint density at radius 2 is 1.62 bits per heavy atom. The first kappa shape index (κ1) is 14.6. The first-order valence-corrected chi connectivity index (χ1v) is 6.34. The second kappa shape index (κ2) is 5.66. The predicted octanol–water partition coefficient (Wildman–Crippen LogP) is 3.44. The molecule has 0 unspecified atom stereocenters. The highest BCUT2D eigenvalue weighted by Crippen LogP contribution is 2.30. The van der Waals surface area contributed by atoms with Gasteiger partial charge >= 0.3 is 11.9 Å². The monoisotopic (exact) mass is 285 g/mol. The molecule has 0 bridgehead atoms. The SMILES string of the molecule is Cc1cc(C(=O)O)c(Nc2ccccc2)c(C)c1C(=O)O. The fourth-order valence-electron chi connectivity index (χ4n) is 2.31. The molecule has 2 aromatic rings. The summed E-state index contributed by atoms with van der Waals surface area (Å²) in [6.07, 6.45) is 0. The molecule has 0 saturated heterocycles. The fraction of sp³-hybridized carbons (Fsp3) is 0.125. The Bertz CT molecular complexity index is 708. The van der Waals surface area contributed by atoms with Gasteiger partial charge in [0.2, 0.25) is 0 Å². The Labute approximate surface area is 121 Å². The number of hydrogen-bond donors (Lipinski definition) is 3. The molecule has 0 atom stereocenters. The standard InChI is InChI=1S/C16H15NO4/c1-9-8-12(15(18)19)14(10(2)13(9)16(20)21)17-11-6-4-3-5-7-11/h3-8,17H,1-2H3,(H,18,19)(H,20,21). The van der Waals surface area contributed by atoms with Crippen LogP contribution in [-0.4, -0.2) is 22.2 Å². The van der Waals surface area contributed by atoms with Crippen LogP contribution in [0.2, 0.25) is 0 Å². The predicted molar refractivity (Wildman–Crippen MR) is 79.6 cm³/mol. The lowest BCUT2D eigenvalue weighted by Gasteiger charge is -2.16. The normalized spacial score (nSPS) is 10.2. The minimum Gasteiger partial charge on any atom is -0.478 e. The maximum Gasteiger partial charge on any atom is 0.337 e. The molecule has 0 radical (unpaired) electrons. The van der Waals surface area contributed by atoms with E-state index in [2.05, 4.69) is 5.32 Å². The molecule has 108 valence electrons. The summed E-state index contributed by atoms with van der Waals surface area (Å²) in [5.41, 5.74) is 2.01. The molecule has 0 spiro atoms. The number of carboxylic acids is 2. The second-order valence-corrected chi connectivity index (χ2v) is 4.72. The van der Waals surface area contributed by atoms with Crippen LogP contribution in [0.25, 0.3) is 0 Å². The van der Waals surface area contributed by atoms with Crippen molar-refractivity contribution in [3.05, 3.63) is 58.7 Å². The molecule has 5 heteroatoms. The molecular weight excluding hydrogens is 270 g/mol. The third-order valence-corrected chi connectivity index (χ3v) is 3.26.